The Morgan fingerprint density at radius 3 is 2.75 bits per heavy atom. The van der Waals surface area contributed by atoms with Crippen LogP contribution in [0, 0.1) is 6.92 Å². The van der Waals surface area contributed by atoms with Crippen molar-refractivity contribution in [1.82, 2.24) is 15.2 Å². The summed E-state index contributed by atoms with van der Waals surface area (Å²) >= 11 is 1.52. The van der Waals surface area contributed by atoms with Crippen molar-refractivity contribution in [1.29, 1.82) is 0 Å². The number of hydrogen-bond donors (Lipinski definition) is 1. The lowest BCUT2D eigenvalue weighted by atomic mass is 10.1. The number of nitrogens with zero attached hydrogens (tertiary/aromatic N) is 2. The molecule has 1 N–H and O–H groups in total. The number of carbonyl (C=O) groups is 1. The molecule has 1 aliphatic rings. The van der Waals surface area contributed by atoms with E-state index >= 15 is 0 Å². The summed E-state index contributed by atoms with van der Waals surface area (Å²) in [6.07, 6.45) is 3.84. The van der Waals surface area contributed by atoms with Crippen LogP contribution >= 0.6 is 11.3 Å². The first kappa shape index (κ1) is 16.9. The van der Waals surface area contributed by atoms with Crippen LogP contribution in [0.1, 0.15) is 24.0 Å². The number of aryl methyl sites for hydroxylation is 1. The number of rotatable bonds is 6. The van der Waals surface area contributed by atoms with Crippen LogP contribution in [0.15, 0.2) is 35.8 Å². The third kappa shape index (κ3) is 5.04. The highest BCUT2D eigenvalue weighted by molar-refractivity contribution is 7.11. The van der Waals surface area contributed by atoms with E-state index in [1.54, 1.807) is 6.20 Å². The van der Waals surface area contributed by atoms with Gasteiger partial charge < -0.3 is 10.1 Å². The summed E-state index contributed by atoms with van der Waals surface area (Å²) in [4.78, 5) is 18.4. The zero-order chi connectivity index (χ0) is 16.8. The number of likely N-dealkylation sites (tertiary alicyclic amines) is 1. The van der Waals surface area contributed by atoms with Crippen LogP contribution in [0.3, 0.4) is 0 Å². The second-order valence-electron chi connectivity index (χ2n) is 6.15. The first-order chi connectivity index (χ1) is 11.7. The van der Waals surface area contributed by atoms with Crippen molar-refractivity contribution in [2.45, 2.75) is 32.4 Å². The van der Waals surface area contributed by atoms with Crippen LogP contribution in [-0.4, -0.2) is 41.5 Å². The number of benzene rings is 1. The first-order valence-electron chi connectivity index (χ1n) is 8.30. The molecule has 0 unspecified atom stereocenters. The molecule has 24 heavy (non-hydrogen) atoms. The Balaban J connectivity index is 1.36. The third-order valence-corrected chi connectivity index (χ3v) is 4.85. The van der Waals surface area contributed by atoms with E-state index in [0.717, 1.165) is 36.7 Å². The standard InChI is InChI=1S/C18H23N3O2S/c1-14-2-4-15(5-3-14)12-20-17(22)13-21-9-6-16(7-10-21)23-18-19-8-11-24-18/h2-5,8,11,16H,6-7,9-10,12-13H2,1H3,(H,20,22). The lowest BCUT2D eigenvalue weighted by molar-refractivity contribution is -0.122. The summed E-state index contributed by atoms with van der Waals surface area (Å²) in [7, 11) is 0. The zero-order valence-electron chi connectivity index (χ0n) is 13.9. The average Bonchev–Trinajstić information content (AvgIpc) is 3.09. The number of nitrogens with one attached hydrogen (secondary N) is 1. The molecule has 1 aromatic heterocycles. The number of hydrogen-bond acceptors (Lipinski definition) is 5. The highest BCUT2D eigenvalue weighted by Crippen LogP contribution is 2.20. The van der Waals surface area contributed by atoms with E-state index in [0.29, 0.717) is 13.1 Å². The van der Waals surface area contributed by atoms with Crippen molar-refractivity contribution in [3.63, 3.8) is 0 Å². The van der Waals surface area contributed by atoms with Gasteiger partial charge in [0.1, 0.15) is 6.10 Å². The molecule has 0 bridgehead atoms. The van der Waals surface area contributed by atoms with Crippen LogP contribution in [0.5, 0.6) is 5.19 Å². The van der Waals surface area contributed by atoms with Crippen LogP contribution in [0.25, 0.3) is 0 Å². The smallest absolute Gasteiger partial charge is 0.273 e. The molecule has 0 radical (unpaired) electrons. The molecule has 0 aliphatic carbocycles. The van der Waals surface area contributed by atoms with Gasteiger partial charge in [-0.15, -0.1) is 0 Å². The van der Waals surface area contributed by atoms with Crippen molar-refractivity contribution in [2.75, 3.05) is 19.6 Å². The predicted molar refractivity (Wildman–Crippen MR) is 95.2 cm³/mol. The van der Waals surface area contributed by atoms with Crippen LogP contribution in [0.2, 0.25) is 0 Å². The Morgan fingerprint density at radius 2 is 2.08 bits per heavy atom. The molecule has 0 spiro atoms. The van der Waals surface area contributed by atoms with E-state index in [9.17, 15) is 4.79 Å². The lowest BCUT2D eigenvalue weighted by Gasteiger charge is -2.30. The van der Waals surface area contributed by atoms with E-state index in [1.165, 1.54) is 16.9 Å². The second-order valence-corrected chi connectivity index (χ2v) is 7.01. The minimum atomic E-state index is 0.0786. The molecular formula is C18H23N3O2S. The van der Waals surface area contributed by atoms with Gasteiger partial charge >= 0.3 is 0 Å². The highest BCUT2D eigenvalue weighted by Gasteiger charge is 2.22. The van der Waals surface area contributed by atoms with Gasteiger partial charge in [0.2, 0.25) is 5.91 Å². The maximum absolute atomic E-state index is 12.1. The topological polar surface area (TPSA) is 54.5 Å². The molecule has 5 nitrogen and oxygen atoms in total. The molecule has 0 saturated carbocycles. The molecule has 1 amide bonds. The van der Waals surface area contributed by atoms with E-state index in [4.69, 9.17) is 4.74 Å². The van der Waals surface area contributed by atoms with Gasteiger partial charge in [-0.3, -0.25) is 9.69 Å². The van der Waals surface area contributed by atoms with Gasteiger partial charge in [-0.2, -0.15) is 0 Å². The third-order valence-electron chi connectivity index (χ3n) is 4.19. The molecule has 0 atom stereocenters. The summed E-state index contributed by atoms with van der Waals surface area (Å²) in [6.45, 7) is 4.87. The summed E-state index contributed by atoms with van der Waals surface area (Å²) < 4.78 is 5.84. The van der Waals surface area contributed by atoms with Gasteiger partial charge in [0.15, 0.2) is 0 Å². The van der Waals surface area contributed by atoms with Crippen molar-refractivity contribution in [3.8, 4) is 5.19 Å². The van der Waals surface area contributed by atoms with Gasteiger partial charge in [0, 0.05) is 31.2 Å². The minimum absolute atomic E-state index is 0.0786. The monoisotopic (exact) mass is 345 g/mol. The van der Waals surface area contributed by atoms with Crippen molar-refractivity contribution >= 4 is 17.2 Å². The number of carbonyl (C=O) groups excluding carboxylic acids is 1. The lowest BCUT2D eigenvalue weighted by Crippen LogP contribution is -2.43. The van der Waals surface area contributed by atoms with E-state index in [2.05, 4.69) is 46.4 Å². The highest BCUT2D eigenvalue weighted by atomic mass is 32.1. The van der Waals surface area contributed by atoms with Gasteiger partial charge in [0.25, 0.3) is 5.19 Å². The Kier molecular flexibility index (Phi) is 5.82. The Hall–Kier alpha value is -1.92. The van der Waals surface area contributed by atoms with E-state index in [1.807, 2.05) is 5.38 Å². The molecular weight excluding hydrogens is 322 g/mol. The average molecular weight is 345 g/mol. The Morgan fingerprint density at radius 1 is 1.33 bits per heavy atom. The van der Waals surface area contributed by atoms with Crippen LogP contribution in [-0.2, 0) is 11.3 Å². The molecule has 1 fully saturated rings. The normalized spacial score (nSPS) is 16.0. The van der Waals surface area contributed by atoms with Gasteiger partial charge in [-0.25, -0.2) is 4.98 Å². The number of aromatic nitrogens is 1. The summed E-state index contributed by atoms with van der Waals surface area (Å²) in [5.74, 6) is 0.0786. The van der Waals surface area contributed by atoms with Gasteiger partial charge in [0.05, 0.1) is 6.54 Å². The molecule has 2 heterocycles. The SMILES string of the molecule is Cc1ccc(CNC(=O)CN2CCC(Oc3nccs3)CC2)cc1. The zero-order valence-corrected chi connectivity index (χ0v) is 14.7. The van der Waals surface area contributed by atoms with Gasteiger partial charge in [-0.05, 0) is 25.3 Å². The summed E-state index contributed by atoms with van der Waals surface area (Å²) in [6, 6.07) is 8.23. The number of amides is 1. The molecule has 3 rings (SSSR count). The maximum atomic E-state index is 12.1. The van der Waals surface area contributed by atoms with Crippen molar-refractivity contribution in [2.24, 2.45) is 0 Å². The fraction of sp³-hybridized carbons (Fsp3) is 0.444. The van der Waals surface area contributed by atoms with E-state index < -0.39 is 0 Å². The summed E-state index contributed by atoms with van der Waals surface area (Å²) in [5.41, 5.74) is 2.36. The molecule has 1 saturated heterocycles. The molecule has 6 heteroatoms. The first-order valence-corrected chi connectivity index (χ1v) is 9.18. The number of ether oxygens (including phenoxy) is 1. The largest absolute Gasteiger partial charge is 0.467 e. The quantitative estimate of drug-likeness (QED) is 0.874. The minimum Gasteiger partial charge on any atom is -0.467 e. The van der Waals surface area contributed by atoms with Crippen LogP contribution in [0.4, 0.5) is 0 Å². The van der Waals surface area contributed by atoms with Crippen molar-refractivity contribution in [3.05, 3.63) is 47.0 Å². The fourth-order valence-corrected chi connectivity index (χ4v) is 3.31. The van der Waals surface area contributed by atoms with E-state index in [-0.39, 0.29) is 12.0 Å². The van der Waals surface area contributed by atoms with Crippen LogP contribution < -0.4 is 10.1 Å². The fourth-order valence-electron chi connectivity index (χ4n) is 2.76. The number of piperidine rings is 1. The second kappa shape index (κ2) is 8.26. The molecule has 2 aromatic rings. The van der Waals surface area contributed by atoms with Gasteiger partial charge in [-0.1, -0.05) is 41.2 Å². The van der Waals surface area contributed by atoms with Crippen molar-refractivity contribution < 1.29 is 9.53 Å². The Bertz CT molecular complexity index is 635. The molecule has 128 valence electrons. The summed E-state index contributed by atoms with van der Waals surface area (Å²) in [5, 5.41) is 5.65. The number of thiazole rings is 1. The Labute approximate surface area is 146 Å². The predicted octanol–water partition coefficient (Wildman–Crippen LogP) is 2.61. The molecule has 1 aromatic carbocycles. The molecule has 1 aliphatic heterocycles. The maximum Gasteiger partial charge on any atom is 0.273 e.